The van der Waals surface area contributed by atoms with Gasteiger partial charge in [-0.1, -0.05) is 152 Å². The van der Waals surface area contributed by atoms with E-state index in [-0.39, 0.29) is 0 Å². The van der Waals surface area contributed by atoms with Gasteiger partial charge >= 0.3 is 0 Å². The molecular formula is C48H33NO2. The maximum atomic E-state index is 7.15. The number of para-hydroxylation sites is 4. The van der Waals surface area contributed by atoms with Crippen molar-refractivity contribution >= 4 is 11.4 Å². The Kier molecular flexibility index (Phi) is 7.84. The van der Waals surface area contributed by atoms with E-state index in [9.17, 15) is 0 Å². The predicted octanol–water partition coefficient (Wildman–Crippen LogP) is 13.7. The number of hydrogen-bond donors (Lipinski definition) is 1. The molecule has 9 rings (SSSR count). The predicted molar refractivity (Wildman–Crippen MR) is 210 cm³/mol. The van der Waals surface area contributed by atoms with E-state index in [0.29, 0.717) is 0 Å². The van der Waals surface area contributed by atoms with E-state index >= 15 is 0 Å². The smallest absolute Gasteiger partial charge is 0.136 e. The van der Waals surface area contributed by atoms with Crippen molar-refractivity contribution < 1.29 is 9.47 Å². The fourth-order valence-corrected chi connectivity index (χ4v) is 6.97. The van der Waals surface area contributed by atoms with Crippen LogP contribution in [0.15, 0.2) is 194 Å². The first-order valence-electron chi connectivity index (χ1n) is 17.2. The molecule has 51 heavy (non-hydrogen) atoms. The summed E-state index contributed by atoms with van der Waals surface area (Å²) in [5.41, 5.74) is 12.3. The van der Waals surface area contributed by atoms with E-state index in [4.69, 9.17) is 9.47 Å². The summed E-state index contributed by atoms with van der Waals surface area (Å²) in [6, 6.07) is 67.0. The summed E-state index contributed by atoms with van der Waals surface area (Å²) in [5.74, 6) is 3.01. The third-order valence-corrected chi connectivity index (χ3v) is 9.37. The van der Waals surface area contributed by atoms with E-state index in [0.717, 1.165) is 90.0 Å². The van der Waals surface area contributed by atoms with Crippen molar-refractivity contribution in [1.29, 1.82) is 0 Å². The van der Waals surface area contributed by atoms with Crippen LogP contribution in [0.5, 0.6) is 23.0 Å². The summed E-state index contributed by atoms with van der Waals surface area (Å²) in [7, 11) is 0. The summed E-state index contributed by atoms with van der Waals surface area (Å²) in [4.78, 5) is 0. The van der Waals surface area contributed by atoms with Crippen LogP contribution in [0.1, 0.15) is 0 Å². The van der Waals surface area contributed by atoms with Crippen LogP contribution < -0.4 is 14.8 Å². The molecule has 3 nitrogen and oxygen atoms in total. The van der Waals surface area contributed by atoms with Crippen LogP contribution in [-0.2, 0) is 0 Å². The molecule has 1 aliphatic rings. The average Bonchev–Trinajstić information content (AvgIpc) is 3.19. The zero-order chi connectivity index (χ0) is 34.0. The summed E-state index contributed by atoms with van der Waals surface area (Å²) in [6.45, 7) is 0. The summed E-state index contributed by atoms with van der Waals surface area (Å²) in [6.07, 6.45) is 0. The number of benzene rings is 8. The van der Waals surface area contributed by atoms with E-state index in [1.165, 1.54) is 0 Å². The van der Waals surface area contributed by atoms with Crippen molar-refractivity contribution in [2.45, 2.75) is 0 Å². The van der Waals surface area contributed by atoms with Gasteiger partial charge in [0.25, 0.3) is 0 Å². The van der Waals surface area contributed by atoms with E-state index in [1.807, 2.05) is 42.5 Å². The second kappa shape index (κ2) is 13.2. The molecule has 1 heterocycles. The van der Waals surface area contributed by atoms with Gasteiger partial charge in [-0.15, -0.1) is 0 Å². The highest BCUT2D eigenvalue weighted by atomic mass is 16.5. The van der Waals surface area contributed by atoms with Crippen molar-refractivity contribution in [2.75, 3.05) is 5.32 Å². The lowest BCUT2D eigenvalue weighted by atomic mass is 9.89. The minimum Gasteiger partial charge on any atom is -0.456 e. The van der Waals surface area contributed by atoms with Crippen LogP contribution in [0.4, 0.5) is 11.4 Å². The standard InChI is InChI=1S/C48H33NO2/c1-4-16-33(17-5-1)35-30-31-39-38-22-10-12-27-43(38)50-44-28-13-11-23-42(44)47-40(25-15-29-45(47)51-46(39)32-35)41-26-14-24-37(34-18-6-2-7-19-34)48(41)49-36-20-8-3-9-21-36/h1-32,49H. The molecule has 1 aliphatic heterocycles. The molecule has 0 aromatic heterocycles. The highest BCUT2D eigenvalue weighted by Gasteiger charge is 2.25. The first-order valence-corrected chi connectivity index (χ1v) is 17.2. The maximum Gasteiger partial charge on any atom is 0.136 e. The van der Waals surface area contributed by atoms with Gasteiger partial charge in [-0.3, -0.25) is 0 Å². The summed E-state index contributed by atoms with van der Waals surface area (Å²) in [5, 5.41) is 3.80. The monoisotopic (exact) mass is 655 g/mol. The zero-order valence-electron chi connectivity index (χ0n) is 27.8. The fourth-order valence-electron chi connectivity index (χ4n) is 6.97. The molecule has 0 aliphatic carbocycles. The van der Waals surface area contributed by atoms with Gasteiger partial charge in [0.1, 0.15) is 23.0 Å². The molecule has 1 N–H and O–H groups in total. The van der Waals surface area contributed by atoms with Crippen molar-refractivity contribution in [2.24, 2.45) is 0 Å². The minimum absolute atomic E-state index is 0.741. The Morgan fingerprint density at radius 3 is 1.57 bits per heavy atom. The number of ether oxygens (including phenoxy) is 2. The zero-order valence-corrected chi connectivity index (χ0v) is 27.8. The molecule has 0 amide bonds. The quantitative estimate of drug-likeness (QED) is 0.200. The molecule has 0 unspecified atom stereocenters. The number of rotatable bonds is 5. The van der Waals surface area contributed by atoms with Crippen LogP contribution in [0.2, 0.25) is 0 Å². The summed E-state index contributed by atoms with van der Waals surface area (Å²) >= 11 is 0. The SMILES string of the molecule is c1ccc(Nc2c(-c3ccccc3)cccc2-c2cccc3c2-c2ccccc2Oc2ccccc2-c2ccc(-c4ccccc4)cc2O3)cc1. The second-order valence-corrected chi connectivity index (χ2v) is 12.5. The topological polar surface area (TPSA) is 30.5 Å². The maximum absolute atomic E-state index is 7.15. The fraction of sp³-hybridized carbons (Fsp3) is 0. The van der Waals surface area contributed by atoms with Gasteiger partial charge in [-0.25, -0.2) is 0 Å². The lowest BCUT2D eigenvalue weighted by Crippen LogP contribution is -2.01. The molecule has 3 heteroatoms. The molecule has 0 atom stereocenters. The Balaban J connectivity index is 1.31. The molecule has 242 valence electrons. The van der Waals surface area contributed by atoms with Gasteiger partial charge in [0.15, 0.2) is 0 Å². The number of hydrogen-bond acceptors (Lipinski definition) is 3. The number of nitrogens with one attached hydrogen (secondary N) is 1. The van der Waals surface area contributed by atoms with Gasteiger partial charge < -0.3 is 14.8 Å². The van der Waals surface area contributed by atoms with Gasteiger partial charge in [-0.05, 0) is 64.7 Å². The van der Waals surface area contributed by atoms with E-state index < -0.39 is 0 Å². The highest BCUT2D eigenvalue weighted by molar-refractivity contribution is 6.00. The molecule has 8 aromatic rings. The van der Waals surface area contributed by atoms with Crippen molar-refractivity contribution in [3.63, 3.8) is 0 Å². The first kappa shape index (κ1) is 30.2. The molecule has 0 bridgehead atoms. The highest BCUT2D eigenvalue weighted by Crippen LogP contribution is 2.52. The lowest BCUT2D eigenvalue weighted by Gasteiger charge is -2.24. The third kappa shape index (κ3) is 5.81. The normalized spacial score (nSPS) is 11.5. The summed E-state index contributed by atoms with van der Waals surface area (Å²) < 4.78 is 14.0. The van der Waals surface area contributed by atoms with Gasteiger partial charge in [0.2, 0.25) is 0 Å². The Morgan fingerprint density at radius 1 is 0.294 bits per heavy atom. The largest absolute Gasteiger partial charge is 0.456 e. The van der Waals surface area contributed by atoms with Crippen LogP contribution in [0.3, 0.4) is 0 Å². The van der Waals surface area contributed by atoms with Crippen LogP contribution in [0, 0.1) is 0 Å². The molecule has 0 saturated heterocycles. The first-order chi connectivity index (χ1) is 25.3. The van der Waals surface area contributed by atoms with Gasteiger partial charge in [0, 0.05) is 39.1 Å². The molecule has 8 aromatic carbocycles. The lowest BCUT2D eigenvalue weighted by molar-refractivity contribution is 0.472. The average molecular weight is 656 g/mol. The van der Waals surface area contributed by atoms with Crippen molar-refractivity contribution in [3.8, 4) is 78.6 Å². The van der Waals surface area contributed by atoms with Gasteiger partial charge in [-0.2, -0.15) is 0 Å². The second-order valence-electron chi connectivity index (χ2n) is 12.5. The van der Waals surface area contributed by atoms with Crippen LogP contribution >= 0.6 is 0 Å². The molecule has 0 spiro atoms. The molecule has 0 saturated carbocycles. The third-order valence-electron chi connectivity index (χ3n) is 9.37. The van der Waals surface area contributed by atoms with E-state index in [2.05, 4.69) is 157 Å². The molecule has 0 fully saturated rings. The van der Waals surface area contributed by atoms with Crippen molar-refractivity contribution in [3.05, 3.63) is 194 Å². The van der Waals surface area contributed by atoms with Gasteiger partial charge in [0.05, 0.1) is 5.69 Å². The van der Waals surface area contributed by atoms with Crippen LogP contribution in [-0.4, -0.2) is 0 Å². The number of anilines is 2. The van der Waals surface area contributed by atoms with E-state index in [1.54, 1.807) is 0 Å². The minimum atomic E-state index is 0.741. The Morgan fingerprint density at radius 2 is 0.804 bits per heavy atom. The van der Waals surface area contributed by atoms with Crippen molar-refractivity contribution in [1.82, 2.24) is 0 Å². The Hall–Kier alpha value is -6.84. The molecular weight excluding hydrogens is 623 g/mol. The Bertz CT molecular complexity index is 2490. The number of fused-ring (bicyclic) bond motifs is 6. The van der Waals surface area contributed by atoms with Crippen LogP contribution in [0.25, 0.3) is 55.6 Å². The molecule has 0 radical (unpaired) electrons. The Labute approximate surface area is 298 Å².